The van der Waals surface area contributed by atoms with E-state index in [2.05, 4.69) is 6.07 Å². The van der Waals surface area contributed by atoms with Gasteiger partial charge in [0.05, 0.1) is 0 Å². The van der Waals surface area contributed by atoms with E-state index in [0.29, 0.717) is 0 Å². The fourth-order valence-electron chi connectivity index (χ4n) is 1.57. The van der Waals surface area contributed by atoms with Crippen molar-refractivity contribution >= 4 is 36.2 Å². The Bertz CT molecular complexity index is 455. The summed E-state index contributed by atoms with van der Waals surface area (Å²) in [5.74, 6) is 0. The number of nitrogen functional groups attached to an aromatic ring is 2. The maximum absolute atomic E-state index is 5.72. The van der Waals surface area contributed by atoms with Gasteiger partial charge in [0.15, 0.2) is 0 Å². The van der Waals surface area contributed by atoms with Crippen LogP contribution in [0.2, 0.25) is 0 Å². The van der Waals surface area contributed by atoms with Gasteiger partial charge < -0.3 is 11.5 Å². The fourth-order valence-corrected chi connectivity index (χ4v) is 1.57. The number of hydrogen-bond donors (Lipinski definition) is 2. The van der Waals surface area contributed by atoms with Crippen molar-refractivity contribution < 1.29 is 0 Å². The molecule has 0 spiro atoms. The van der Waals surface area contributed by atoms with Gasteiger partial charge in [-0.2, -0.15) is 0 Å². The lowest BCUT2D eigenvalue weighted by Gasteiger charge is -2.03. The lowest BCUT2D eigenvalue weighted by molar-refractivity contribution is 1.20. The van der Waals surface area contributed by atoms with Crippen molar-refractivity contribution in [1.29, 1.82) is 0 Å². The second-order valence-electron chi connectivity index (χ2n) is 3.66. The Morgan fingerprint density at radius 2 is 1.35 bits per heavy atom. The molecule has 4 heteroatoms. The minimum atomic E-state index is 0. The first-order valence-corrected chi connectivity index (χ1v) is 4.93. The molecule has 0 aliphatic rings. The summed E-state index contributed by atoms with van der Waals surface area (Å²) in [5, 5.41) is 0. The minimum absolute atomic E-state index is 0. The predicted octanol–water partition coefficient (Wildman–Crippen LogP) is 3.29. The average molecular weight is 271 g/mol. The second-order valence-corrected chi connectivity index (χ2v) is 3.66. The molecule has 4 N–H and O–H groups in total. The molecule has 2 aromatic rings. The SMILES string of the molecule is Cl.Cl.Nc1ccc(Cc2cccc(N)c2)cc1. The van der Waals surface area contributed by atoms with Crippen LogP contribution in [0.4, 0.5) is 11.4 Å². The molecule has 2 aromatic carbocycles. The van der Waals surface area contributed by atoms with Crippen molar-refractivity contribution in [3.63, 3.8) is 0 Å². The molecule has 0 aliphatic heterocycles. The van der Waals surface area contributed by atoms with Crippen molar-refractivity contribution in [2.75, 3.05) is 11.5 Å². The van der Waals surface area contributed by atoms with Gasteiger partial charge in [0.25, 0.3) is 0 Å². The van der Waals surface area contributed by atoms with Crippen LogP contribution in [0.25, 0.3) is 0 Å². The van der Waals surface area contributed by atoms with Crippen molar-refractivity contribution in [2.24, 2.45) is 0 Å². The molecule has 0 saturated heterocycles. The zero-order valence-corrected chi connectivity index (χ0v) is 10.9. The van der Waals surface area contributed by atoms with E-state index >= 15 is 0 Å². The second kappa shape index (κ2) is 7.05. The van der Waals surface area contributed by atoms with Crippen LogP contribution < -0.4 is 11.5 Å². The van der Waals surface area contributed by atoms with Crippen LogP contribution >= 0.6 is 24.8 Å². The number of benzene rings is 2. The summed E-state index contributed by atoms with van der Waals surface area (Å²) in [5.41, 5.74) is 15.4. The van der Waals surface area contributed by atoms with Gasteiger partial charge in [0, 0.05) is 11.4 Å². The third-order valence-electron chi connectivity index (χ3n) is 2.34. The molecule has 0 atom stereocenters. The molecule has 0 radical (unpaired) electrons. The Labute approximate surface area is 114 Å². The molecule has 0 aromatic heterocycles. The first-order valence-electron chi connectivity index (χ1n) is 4.93. The third-order valence-corrected chi connectivity index (χ3v) is 2.34. The van der Waals surface area contributed by atoms with Crippen LogP contribution in [0.15, 0.2) is 48.5 Å². The van der Waals surface area contributed by atoms with Gasteiger partial charge in [-0.15, -0.1) is 24.8 Å². The highest BCUT2D eigenvalue weighted by Crippen LogP contribution is 2.13. The van der Waals surface area contributed by atoms with Crippen LogP contribution in [-0.2, 0) is 6.42 Å². The number of halogens is 2. The standard InChI is InChI=1S/C13H14N2.2ClH/c14-12-6-4-10(5-7-12)8-11-2-1-3-13(15)9-11;;/h1-7,9H,8,14-15H2;2*1H. The zero-order chi connectivity index (χ0) is 10.7. The van der Waals surface area contributed by atoms with Gasteiger partial charge in [0.1, 0.15) is 0 Å². The van der Waals surface area contributed by atoms with Crippen LogP contribution in [0.5, 0.6) is 0 Å². The maximum Gasteiger partial charge on any atom is 0.0316 e. The molecule has 2 nitrogen and oxygen atoms in total. The molecule has 2 rings (SSSR count). The summed E-state index contributed by atoms with van der Waals surface area (Å²) in [6.45, 7) is 0. The predicted molar refractivity (Wildman–Crippen MR) is 79.0 cm³/mol. The number of hydrogen-bond acceptors (Lipinski definition) is 2. The zero-order valence-electron chi connectivity index (χ0n) is 9.30. The van der Waals surface area contributed by atoms with E-state index < -0.39 is 0 Å². The topological polar surface area (TPSA) is 52.0 Å². The number of nitrogens with two attached hydrogens (primary N) is 2. The lowest BCUT2D eigenvalue weighted by Crippen LogP contribution is -1.91. The van der Waals surface area contributed by atoms with Gasteiger partial charge >= 0.3 is 0 Å². The van der Waals surface area contributed by atoms with Crippen molar-refractivity contribution in [2.45, 2.75) is 6.42 Å². The first kappa shape index (κ1) is 15.6. The molecule has 0 amide bonds. The lowest BCUT2D eigenvalue weighted by atomic mass is 10.0. The summed E-state index contributed by atoms with van der Waals surface area (Å²) >= 11 is 0. The largest absolute Gasteiger partial charge is 0.399 e. The summed E-state index contributed by atoms with van der Waals surface area (Å²) in [6, 6.07) is 15.9. The first-order chi connectivity index (χ1) is 7.24. The van der Waals surface area contributed by atoms with E-state index in [1.54, 1.807) is 0 Å². The molecule has 0 saturated carbocycles. The summed E-state index contributed by atoms with van der Waals surface area (Å²) < 4.78 is 0. The van der Waals surface area contributed by atoms with Crippen molar-refractivity contribution in [3.8, 4) is 0 Å². The van der Waals surface area contributed by atoms with E-state index in [0.717, 1.165) is 17.8 Å². The van der Waals surface area contributed by atoms with E-state index in [4.69, 9.17) is 11.5 Å². The molecule has 0 bridgehead atoms. The molecule has 92 valence electrons. The van der Waals surface area contributed by atoms with Crippen LogP contribution in [0.1, 0.15) is 11.1 Å². The Kier molecular flexibility index (Phi) is 6.47. The minimum Gasteiger partial charge on any atom is -0.399 e. The Hall–Kier alpha value is -1.38. The van der Waals surface area contributed by atoms with E-state index in [9.17, 15) is 0 Å². The van der Waals surface area contributed by atoms with Gasteiger partial charge in [-0.05, 0) is 41.8 Å². The number of rotatable bonds is 2. The van der Waals surface area contributed by atoms with Crippen LogP contribution in [-0.4, -0.2) is 0 Å². The quantitative estimate of drug-likeness (QED) is 0.823. The highest BCUT2D eigenvalue weighted by atomic mass is 35.5. The van der Waals surface area contributed by atoms with E-state index in [-0.39, 0.29) is 24.8 Å². The molecule has 0 fully saturated rings. The van der Waals surface area contributed by atoms with E-state index in [1.807, 2.05) is 42.5 Å². The normalized spacial score (nSPS) is 8.94. The number of anilines is 2. The third kappa shape index (κ3) is 4.55. The van der Waals surface area contributed by atoms with Gasteiger partial charge in [-0.1, -0.05) is 24.3 Å². The molecular weight excluding hydrogens is 255 g/mol. The summed E-state index contributed by atoms with van der Waals surface area (Å²) in [4.78, 5) is 0. The highest BCUT2D eigenvalue weighted by Gasteiger charge is 1.96. The fraction of sp³-hybridized carbons (Fsp3) is 0.0769. The molecular formula is C13H16Cl2N2. The molecule has 0 heterocycles. The Morgan fingerprint density at radius 1 is 0.706 bits per heavy atom. The average Bonchev–Trinajstić information content (AvgIpc) is 2.22. The summed E-state index contributed by atoms with van der Waals surface area (Å²) in [7, 11) is 0. The van der Waals surface area contributed by atoms with Gasteiger partial charge in [0.2, 0.25) is 0 Å². The van der Waals surface area contributed by atoms with Gasteiger partial charge in [-0.3, -0.25) is 0 Å². The Balaban J connectivity index is 0.00000128. The van der Waals surface area contributed by atoms with Crippen molar-refractivity contribution in [1.82, 2.24) is 0 Å². The van der Waals surface area contributed by atoms with Crippen LogP contribution in [0, 0.1) is 0 Å². The molecule has 0 unspecified atom stereocenters. The highest BCUT2D eigenvalue weighted by molar-refractivity contribution is 5.85. The molecule has 17 heavy (non-hydrogen) atoms. The van der Waals surface area contributed by atoms with Crippen LogP contribution in [0.3, 0.4) is 0 Å². The maximum atomic E-state index is 5.72. The molecule has 0 aliphatic carbocycles. The smallest absolute Gasteiger partial charge is 0.0316 e. The monoisotopic (exact) mass is 270 g/mol. The van der Waals surface area contributed by atoms with E-state index in [1.165, 1.54) is 11.1 Å². The van der Waals surface area contributed by atoms with Crippen molar-refractivity contribution in [3.05, 3.63) is 59.7 Å². The van der Waals surface area contributed by atoms with Gasteiger partial charge in [-0.25, -0.2) is 0 Å². The Morgan fingerprint density at radius 3 is 1.94 bits per heavy atom. The summed E-state index contributed by atoms with van der Waals surface area (Å²) in [6.07, 6.45) is 0.894.